The van der Waals surface area contributed by atoms with Gasteiger partial charge in [0.25, 0.3) is 0 Å². The molecule has 4 rings (SSSR count). The van der Waals surface area contributed by atoms with Crippen LogP contribution in [-0.4, -0.2) is 36.5 Å². The van der Waals surface area contributed by atoms with Crippen LogP contribution in [0.15, 0.2) is 52.9 Å². The molecule has 0 fully saturated rings. The van der Waals surface area contributed by atoms with Crippen LogP contribution in [0.3, 0.4) is 0 Å². The van der Waals surface area contributed by atoms with E-state index in [1.807, 2.05) is 57.4 Å². The van der Waals surface area contributed by atoms with E-state index in [-0.39, 0.29) is 5.91 Å². The zero-order chi connectivity index (χ0) is 21.1. The van der Waals surface area contributed by atoms with Crippen molar-refractivity contribution in [1.82, 2.24) is 9.88 Å². The zero-order valence-electron chi connectivity index (χ0n) is 17.9. The van der Waals surface area contributed by atoms with Gasteiger partial charge in [-0.2, -0.15) is 0 Å². The van der Waals surface area contributed by atoms with Gasteiger partial charge < -0.3 is 14.1 Å². The fraction of sp³-hybridized carbons (Fsp3) is 0.360. The highest BCUT2D eigenvalue weighted by Crippen LogP contribution is 2.37. The molecule has 30 heavy (non-hydrogen) atoms. The van der Waals surface area contributed by atoms with E-state index in [2.05, 4.69) is 17.1 Å². The van der Waals surface area contributed by atoms with Gasteiger partial charge in [0.15, 0.2) is 0 Å². The highest BCUT2D eigenvalue weighted by atomic mass is 16.5. The summed E-state index contributed by atoms with van der Waals surface area (Å²) in [6.45, 7) is 2.49. The van der Waals surface area contributed by atoms with E-state index in [4.69, 9.17) is 9.15 Å². The van der Waals surface area contributed by atoms with Gasteiger partial charge in [-0.3, -0.25) is 4.79 Å². The van der Waals surface area contributed by atoms with Crippen molar-refractivity contribution < 1.29 is 13.9 Å². The van der Waals surface area contributed by atoms with Crippen molar-refractivity contribution in [2.75, 3.05) is 20.7 Å². The first-order chi connectivity index (χ1) is 14.5. The maximum atomic E-state index is 12.1. The molecular weight excluding hydrogens is 376 g/mol. The Labute approximate surface area is 177 Å². The first kappa shape index (κ1) is 20.2. The first-order valence-corrected chi connectivity index (χ1v) is 10.5. The minimum Gasteiger partial charge on any atom is -0.493 e. The summed E-state index contributed by atoms with van der Waals surface area (Å²) in [5, 5.41) is 0. The second kappa shape index (κ2) is 8.74. The summed E-state index contributed by atoms with van der Waals surface area (Å²) in [7, 11) is 3.63. The molecule has 5 nitrogen and oxygen atoms in total. The molecule has 156 valence electrons. The largest absolute Gasteiger partial charge is 0.493 e. The Morgan fingerprint density at radius 2 is 2.00 bits per heavy atom. The molecule has 5 heteroatoms. The van der Waals surface area contributed by atoms with Crippen LogP contribution in [0.25, 0.3) is 11.5 Å². The van der Waals surface area contributed by atoms with Crippen molar-refractivity contribution in [1.29, 1.82) is 0 Å². The molecule has 1 amide bonds. The van der Waals surface area contributed by atoms with Crippen molar-refractivity contribution in [3.05, 3.63) is 71.1 Å². The second-order valence-electron chi connectivity index (χ2n) is 8.07. The standard InChI is InChI=1S/C25H28N2O3/c1-17-23(26-25(30-17)18-7-5-4-6-8-18)13-14-29-21-11-12-22-19(15-21)9-10-20(22)16-24(28)27(2)3/h4-8,11-12,15,20H,9-10,13-14,16H2,1-3H3/t20-/m0/s1. The highest BCUT2D eigenvalue weighted by molar-refractivity contribution is 5.76. The Bertz CT molecular complexity index is 1020. The molecule has 0 N–H and O–H groups in total. The van der Waals surface area contributed by atoms with E-state index >= 15 is 0 Å². The number of ether oxygens (including phenoxy) is 1. The van der Waals surface area contributed by atoms with E-state index < -0.39 is 0 Å². The molecule has 1 heterocycles. The summed E-state index contributed by atoms with van der Waals surface area (Å²) in [5.74, 6) is 2.86. The summed E-state index contributed by atoms with van der Waals surface area (Å²) in [6.07, 6.45) is 3.30. The Balaban J connectivity index is 1.36. The minimum absolute atomic E-state index is 0.186. The monoisotopic (exact) mass is 404 g/mol. The maximum absolute atomic E-state index is 12.1. The Morgan fingerprint density at radius 3 is 2.77 bits per heavy atom. The number of amides is 1. The molecule has 0 saturated carbocycles. The van der Waals surface area contributed by atoms with Gasteiger partial charge in [-0.05, 0) is 61.1 Å². The van der Waals surface area contributed by atoms with Gasteiger partial charge in [-0.1, -0.05) is 24.3 Å². The number of fused-ring (bicyclic) bond motifs is 1. The number of oxazole rings is 1. The summed E-state index contributed by atoms with van der Waals surface area (Å²) in [4.78, 5) is 18.4. The molecule has 1 atom stereocenters. The van der Waals surface area contributed by atoms with Crippen LogP contribution in [0.4, 0.5) is 0 Å². The van der Waals surface area contributed by atoms with E-state index in [1.54, 1.807) is 4.90 Å². The molecule has 0 aliphatic heterocycles. The van der Waals surface area contributed by atoms with Gasteiger partial charge >= 0.3 is 0 Å². The topological polar surface area (TPSA) is 55.6 Å². The lowest BCUT2D eigenvalue weighted by Gasteiger charge is -2.15. The fourth-order valence-electron chi connectivity index (χ4n) is 4.01. The molecule has 2 aromatic carbocycles. The quantitative estimate of drug-likeness (QED) is 0.569. The van der Waals surface area contributed by atoms with Crippen LogP contribution in [-0.2, 0) is 17.6 Å². The Hall–Kier alpha value is -3.08. The molecular formula is C25H28N2O3. The SMILES string of the molecule is Cc1oc(-c2ccccc2)nc1CCOc1ccc2c(c1)CC[C@H]2CC(=O)N(C)C. The third-order valence-electron chi connectivity index (χ3n) is 5.76. The number of aryl methyl sites for hydroxylation is 2. The van der Waals surface area contributed by atoms with E-state index in [0.29, 0.717) is 31.3 Å². The van der Waals surface area contributed by atoms with Gasteiger partial charge in [0.1, 0.15) is 11.5 Å². The summed E-state index contributed by atoms with van der Waals surface area (Å²) in [6, 6.07) is 16.2. The van der Waals surface area contributed by atoms with Crippen LogP contribution in [0.2, 0.25) is 0 Å². The number of carbonyl (C=O) groups excluding carboxylic acids is 1. The van der Waals surface area contributed by atoms with Crippen LogP contribution >= 0.6 is 0 Å². The molecule has 0 bridgehead atoms. The lowest BCUT2D eigenvalue weighted by molar-refractivity contribution is -0.129. The van der Waals surface area contributed by atoms with Crippen LogP contribution in [0, 0.1) is 6.92 Å². The molecule has 1 aliphatic carbocycles. The number of hydrogen-bond donors (Lipinski definition) is 0. The van der Waals surface area contributed by atoms with E-state index in [9.17, 15) is 4.79 Å². The van der Waals surface area contributed by atoms with Crippen molar-refractivity contribution in [3.8, 4) is 17.2 Å². The normalized spacial score (nSPS) is 15.1. The summed E-state index contributed by atoms with van der Waals surface area (Å²) >= 11 is 0. The second-order valence-corrected chi connectivity index (χ2v) is 8.07. The number of carbonyl (C=O) groups is 1. The van der Waals surface area contributed by atoms with Crippen molar-refractivity contribution in [2.45, 2.75) is 38.5 Å². The number of hydrogen-bond acceptors (Lipinski definition) is 4. The number of nitrogens with zero attached hydrogens (tertiary/aromatic N) is 2. The Morgan fingerprint density at radius 1 is 1.20 bits per heavy atom. The van der Waals surface area contributed by atoms with Gasteiger partial charge in [-0.25, -0.2) is 4.98 Å². The van der Waals surface area contributed by atoms with Crippen molar-refractivity contribution >= 4 is 5.91 Å². The molecule has 0 unspecified atom stereocenters. The summed E-state index contributed by atoms with van der Waals surface area (Å²) in [5.41, 5.74) is 4.50. The number of rotatable bonds is 7. The average Bonchev–Trinajstić information content (AvgIpc) is 3.32. The number of aromatic nitrogens is 1. The lowest BCUT2D eigenvalue weighted by Crippen LogP contribution is -2.23. The van der Waals surface area contributed by atoms with Gasteiger partial charge in [0, 0.05) is 32.5 Å². The molecule has 1 aromatic heterocycles. The average molecular weight is 405 g/mol. The summed E-state index contributed by atoms with van der Waals surface area (Å²) < 4.78 is 11.8. The molecule has 0 spiro atoms. The van der Waals surface area contributed by atoms with Crippen molar-refractivity contribution in [2.24, 2.45) is 0 Å². The third kappa shape index (κ3) is 4.40. The predicted molar refractivity (Wildman–Crippen MR) is 117 cm³/mol. The predicted octanol–water partition coefficient (Wildman–Crippen LogP) is 4.78. The lowest BCUT2D eigenvalue weighted by atomic mass is 9.97. The van der Waals surface area contributed by atoms with Crippen LogP contribution in [0.5, 0.6) is 5.75 Å². The van der Waals surface area contributed by atoms with Crippen molar-refractivity contribution in [3.63, 3.8) is 0 Å². The third-order valence-corrected chi connectivity index (χ3v) is 5.76. The fourth-order valence-corrected chi connectivity index (χ4v) is 4.01. The Kier molecular flexibility index (Phi) is 5.88. The smallest absolute Gasteiger partial charge is 0.226 e. The van der Waals surface area contributed by atoms with Gasteiger partial charge in [0.2, 0.25) is 11.8 Å². The maximum Gasteiger partial charge on any atom is 0.226 e. The number of benzene rings is 2. The van der Waals surface area contributed by atoms with Crippen LogP contribution < -0.4 is 4.74 Å². The van der Waals surface area contributed by atoms with Crippen LogP contribution in [0.1, 0.15) is 41.3 Å². The minimum atomic E-state index is 0.186. The highest BCUT2D eigenvalue weighted by Gasteiger charge is 2.25. The molecule has 3 aromatic rings. The van der Waals surface area contributed by atoms with Gasteiger partial charge in [0.05, 0.1) is 12.3 Å². The molecule has 0 saturated heterocycles. The first-order valence-electron chi connectivity index (χ1n) is 10.5. The molecule has 0 radical (unpaired) electrons. The van der Waals surface area contributed by atoms with E-state index in [0.717, 1.165) is 35.6 Å². The molecule has 1 aliphatic rings. The zero-order valence-corrected chi connectivity index (χ0v) is 17.9. The van der Waals surface area contributed by atoms with Gasteiger partial charge in [-0.15, -0.1) is 0 Å². The van der Waals surface area contributed by atoms with E-state index in [1.165, 1.54) is 11.1 Å².